The quantitative estimate of drug-likeness (QED) is 0.651. The summed E-state index contributed by atoms with van der Waals surface area (Å²) >= 11 is 0. The molecule has 0 saturated carbocycles. The van der Waals surface area contributed by atoms with E-state index in [2.05, 4.69) is 24.1 Å². The molecule has 24 heavy (non-hydrogen) atoms. The summed E-state index contributed by atoms with van der Waals surface area (Å²) in [5, 5.41) is 18.8. The number of hydrogen-bond donors (Lipinski definition) is 1. The van der Waals surface area contributed by atoms with Crippen molar-refractivity contribution in [2.24, 2.45) is 10.2 Å². The number of nitrogens with zero attached hydrogens (tertiary/aromatic N) is 2. The van der Waals surface area contributed by atoms with Gasteiger partial charge in [-0.15, -0.1) is 5.11 Å². The SMILES string of the molecule is CCC(C)c1ccc(N=Nc2c(=O)oc(O)c3ccccc23)cc1. The first-order valence-electron chi connectivity index (χ1n) is 7.86. The van der Waals surface area contributed by atoms with Crippen molar-refractivity contribution in [3.63, 3.8) is 0 Å². The van der Waals surface area contributed by atoms with Crippen molar-refractivity contribution in [2.45, 2.75) is 26.2 Å². The fourth-order valence-corrected chi connectivity index (χ4v) is 2.48. The fraction of sp³-hybridized carbons (Fsp3) is 0.211. The van der Waals surface area contributed by atoms with Crippen LogP contribution < -0.4 is 5.63 Å². The molecule has 122 valence electrons. The van der Waals surface area contributed by atoms with E-state index in [-0.39, 0.29) is 5.69 Å². The molecule has 0 radical (unpaired) electrons. The van der Waals surface area contributed by atoms with E-state index in [4.69, 9.17) is 4.42 Å². The largest absolute Gasteiger partial charge is 0.480 e. The number of hydrogen-bond acceptors (Lipinski definition) is 5. The van der Waals surface area contributed by atoms with Gasteiger partial charge in [-0.1, -0.05) is 44.2 Å². The summed E-state index contributed by atoms with van der Waals surface area (Å²) in [5.74, 6) is 0.0801. The van der Waals surface area contributed by atoms with Gasteiger partial charge in [0.05, 0.1) is 11.1 Å². The van der Waals surface area contributed by atoms with Crippen LogP contribution in [0.25, 0.3) is 10.8 Å². The molecule has 0 aliphatic heterocycles. The lowest BCUT2D eigenvalue weighted by Gasteiger charge is -2.08. The average molecular weight is 322 g/mol. The minimum atomic E-state index is -0.717. The third-order valence-electron chi connectivity index (χ3n) is 4.14. The van der Waals surface area contributed by atoms with Crippen molar-refractivity contribution >= 4 is 22.1 Å². The first kappa shape index (κ1) is 15.9. The summed E-state index contributed by atoms with van der Waals surface area (Å²) in [6.07, 6.45) is 1.07. The molecular weight excluding hydrogens is 304 g/mol. The van der Waals surface area contributed by atoms with Crippen LogP contribution in [0.15, 0.2) is 68.0 Å². The minimum Gasteiger partial charge on any atom is -0.480 e. The Labute approximate surface area is 139 Å². The van der Waals surface area contributed by atoms with Gasteiger partial charge in [0.2, 0.25) is 0 Å². The molecule has 0 aliphatic rings. The summed E-state index contributed by atoms with van der Waals surface area (Å²) in [6.45, 7) is 4.32. The Hall–Kier alpha value is -2.95. The van der Waals surface area contributed by atoms with Crippen molar-refractivity contribution in [3.05, 3.63) is 64.5 Å². The van der Waals surface area contributed by atoms with Crippen LogP contribution >= 0.6 is 0 Å². The van der Waals surface area contributed by atoms with Crippen molar-refractivity contribution < 1.29 is 9.52 Å². The Morgan fingerprint density at radius 3 is 2.38 bits per heavy atom. The van der Waals surface area contributed by atoms with E-state index < -0.39 is 11.6 Å². The molecule has 1 aromatic heterocycles. The molecule has 1 heterocycles. The van der Waals surface area contributed by atoms with Crippen LogP contribution in [0.1, 0.15) is 31.7 Å². The number of aromatic hydroxyl groups is 1. The number of fused-ring (bicyclic) bond motifs is 1. The van der Waals surface area contributed by atoms with Crippen LogP contribution in [-0.4, -0.2) is 5.11 Å². The normalized spacial score (nSPS) is 12.8. The predicted octanol–water partition coefficient (Wildman–Crippen LogP) is 5.43. The van der Waals surface area contributed by atoms with E-state index >= 15 is 0 Å². The molecule has 5 nitrogen and oxygen atoms in total. The predicted molar refractivity (Wildman–Crippen MR) is 93.5 cm³/mol. The topological polar surface area (TPSA) is 75.2 Å². The molecule has 2 aromatic carbocycles. The third kappa shape index (κ3) is 3.06. The molecular formula is C19H18N2O3. The Bertz CT molecular complexity index is 943. The fourth-order valence-electron chi connectivity index (χ4n) is 2.48. The molecule has 0 amide bonds. The molecule has 5 heteroatoms. The van der Waals surface area contributed by atoms with Crippen LogP contribution in [0.3, 0.4) is 0 Å². The maximum absolute atomic E-state index is 12.0. The molecule has 0 bridgehead atoms. The molecule has 1 atom stereocenters. The van der Waals surface area contributed by atoms with E-state index in [9.17, 15) is 9.90 Å². The second-order valence-corrected chi connectivity index (χ2v) is 5.69. The summed E-state index contributed by atoms with van der Waals surface area (Å²) in [6, 6.07) is 14.6. The van der Waals surface area contributed by atoms with E-state index in [1.54, 1.807) is 24.3 Å². The van der Waals surface area contributed by atoms with E-state index in [1.807, 2.05) is 24.3 Å². The Balaban J connectivity index is 1.98. The van der Waals surface area contributed by atoms with Gasteiger partial charge in [0, 0.05) is 5.39 Å². The zero-order chi connectivity index (χ0) is 17.1. The van der Waals surface area contributed by atoms with E-state index in [1.165, 1.54) is 5.56 Å². The standard InChI is InChI=1S/C19H18N2O3/c1-3-12(2)13-8-10-14(11-9-13)20-21-17-15-6-4-5-7-16(15)18(22)24-19(17)23/h4-12,22H,3H2,1-2H3. The van der Waals surface area contributed by atoms with Gasteiger partial charge in [-0.25, -0.2) is 4.79 Å². The van der Waals surface area contributed by atoms with Crippen LogP contribution in [0, 0.1) is 0 Å². The second kappa shape index (κ2) is 6.66. The highest BCUT2D eigenvalue weighted by atomic mass is 16.5. The van der Waals surface area contributed by atoms with Gasteiger partial charge >= 0.3 is 5.63 Å². The number of rotatable bonds is 4. The van der Waals surface area contributed by atoms with Gasteiger partial charge in [0.25, 0.3) is 5.95 Å². The van der Waals surface area contributed by atoms with Gasteiger partial charge in [-0.3, -0.25) is 0 Å². The molecule has 1 unspecified atom stereocenters. The Kier molecular flexibility index (Phi) is 4.42. The van der Waals surface area contributed by atoms with Crippen molar-refractivity contribution in [2.75, 3.05) is 0 Å². The van der Waals surface area contributed by atoms with Gasteiger partial charge in [0.15, 0.2) is 5.69 Å². The highest BCUT2D eigenvalue weighted by Gasteiger charge is 2.12. The van der Waals surface area contributed by atoms with Crippen LogP contribution in [0.2, 0.25) is 0 Å². The van der Waals surface area contributed by atoms with E-state index in [0.717, 1.165) is 6.42 Å². The molecule has 3 aromatic rings. The van der Waals surface area contributed by atoms with Crippen molar-refractivity contribution in [1.82, 2.24) is 0 Å². The maximum Gasteiger partial charge on any atom is 0.367 e. The average Bonchev–Trinajstić information content (AvgIpc) is 2.61. The first-order chi connectivity index (χ1) is 11.6. The molecule has 1 N–H and O–H groups in total. The molecule has 3 rings (SSSR count). The van der Waals surface area contributed by atoms with Gasteiger partial charge in [-0.2, -0.15) is 5.11 Å². The number of benzene rings is 2. The monoisotopic (exact) mass is 322 g/mol. The first-order valence-corrected chi connectivity index (χ1v) is 7.86. The zero-order valence-corrected chi connectivity index (χ0v) is 13.6. The van der Waals surface area contributed by atoms with Crippen molar-refractivity contribution in [3.8, 4) is 5.95 Å². The zero-order valence-electron chi connectivity index (χ0n) is 13.6. The molecule has 0 fully saturated rings. The molecule has 0 aliphatic carbocycles. The maximum atomic E-state index is 12.0. The lowest BCUT2D eigenvalue weighted by Crippen LogP contribution is -1.98. The molecule has 0 saturated heterocycles. The van der Waals surface area contributed by atoms with Crippen LogP contribution in [0.5, 0.6) is 5.95 Å². The Morgan fingerprint density at radius 2 is 1.71 bits per heavy atom. The molecule has 0 spiro atoms. The van der Waals surface area contributed by atoms with Crippen molar-refractivity contribution in [1.29, 1.82) is 0 Å². The van der Waals surface area contributed by atoms with Crippen LogP contribution in [0.4, 0.5) is 11.4 Å². The lowest BCUT2D eigenvalue weighted by molar-refractivity contribution is 0.318. The van der Waals surface area contributed by atoms with Gasteiger partial charge < -0.3 is 9.52 Å². The summed E-state index contributed by atoms with van der Waals surface area (Å²) < 4.78 is 4.82. The summed E-state index contributed by atoms with van der Waals surface area (Å²) in [4.78, 5) is 12.0. The number of azo groups is 1. The second-order valence-electron chi connectivity index (χ2n) is 5.69. The van der Waals surface area contributed by atoms with E-state index in [0.29, 0.717) is 22.4 Å². The van der Waals surface area contributed by atoms with Gasteiger partial charge in [-0.05, 0) is 36.1 Å². The highest BCUT2D eigenvalue weighted by Crippen LogP contribution is 2.30. The summed E-state index contributed by atoms with van der Waals surface area (Å²) in [5.41, 5.74) is 1.25. The highest BCUT2D eigenvalue weighted by molar-refractivity contribution is 5.94. The van der Waals surface area contributed by atoms with Crippen LogP contribution in [-0.2, 0) is 0 Å². The van der Waals surface area contributed by atoms with Gasteiger partial charge in [0.1, 0.15) is 0 Å². The lowest BCUT2D eigenvalue weighted by atomic mass is 9.99. The Morgan fingerprint density at radius 1 is 1.04 bits per heavy atom. The summed E-state index contributed by atoms with van der Waals surface area (Å²) in [7, 11) is 0. The smallest absolute Gasteiger partial charge is 0.367 e. The minimum absolute atomic E-state index is 0.0782. The third-order valence-corrected chi connectivity index (χ3v) is 4.14.